The zero-order chi connectivity index (χ0) is 19.5. The molecular weight excluding hydrogens is 353 g/mol. The molecule has 0 unspecified atom stereocenters. The molecule has 0 amide bonds. The van der Waals surface area contributed by atoms with Crippen molar-refractivity contribution in [2.24, 2.45) is 5.92 Å². The Hall–Kier alpha value is -2.70. The van der Waals surface area contributed by atoms with Crippen molar-refractivity contribution < 1.29 is 19.5 Å². The van der Waals surface area contributed by atoms with Gasteiger partial charge in [-0.25, -0.2) is 0 Å². The third-order valence-electron chi connectivity index (χ3n) is 4.91. The van der Waals surface area contributed by atoms with Gasteiger partial charge in [0.15, 0.2) is 0 Å². The van der Waals surface area contributed by atoms with Crippen molar-refractivity contribution >= 4 is 12.6 Å². The molecule has 1 aromatic heterocycles. The van der Waals surface area contributed by atoms with Crippen LogP contribution in [0.2, 0.25) is 0 Å². The van der Waals surface area contributed by atoms with Crippen LogP contribution in [0.25, 0.3) is 11.3 Å². The molecule has 5 nitrogen and oxygen atoms in total. The van der Waals surface area contributed by atoms with E-state index in [0.717, 1.165) is 35.4 Å². The Labute approximate surface area is 165 Å². The molecule has 1 aliphatic carbocycles. The maximum absolute atomic E-state index is 10.0. The number of ether oxygens (including phenoxy) is 2. The second-order valence-electron chi connectivity index (χ2n) is 7.34. The van der Waals surface area contributed by atoms with Crippen molar-refractivity contribution in [2.45, 2.75) is 26.4 Å². The van der Waals surface area contributed by atoms with Gasteiger partial charge in [0.1, 0.15) is 18.1 Å². The lowest BCUT2D eigenvalue weighted by Gasteiger charge is -2.18. The molecule has 2 aromatic carbocycles. The summed E-state index contributed by atoms with van der Waals surface area (Å²) in [5.74, 6) is 1.41. The molecule has 0 saturated heterocycles. The Morgan fingerprint density at radius 1 is 1.00 bits per heavy atom. The predicted octanol–water partition coefficient (Wildman–Crippen LogP) is 3.04. The van der Waals surface area contributed by atoms with E-state index in [9.17, 15) is 10.0 Å². The fourth-order valence-electron chi connectivity index (χ4n) is 3.15. The van der Waals surface area contributed by atoms with Crippen LogP contribution < -0.4 is 14.9 Å². The summed E-state index contributed by atoms with van der Waals surface area (Å²) in [7, 11) is -1.68. The number of aryl methyl sites for hydroxylation is 1. The quantitative estimate of drug-likeness (QED) is 0.528. The number of hydrogen-bond acceptors (Lipinski definition) is 4. The van der Waals surface area contributed by atoms with Gasteiger partial charge in [0.2, 0.25) is 0 Å². The van der Waals surface area contributed by atoms with Crippen LogP contribution in [0.15, 0.2) is 54.6 Å². The second-order valence-corrected chi connectivity index (χ2v) is 7.34. The van der Waals surface area contributed by atoms with Crippen LogP contribution in [0.5, 0.6) is 11.5 Å². The third-order valence-corrected chi connectivity index (χ3v) is 4.91. The van der Waals surface area contributed by atoms with Gasteiger partial charge >= 0.3 is 7.12 Å². The molecule has 4 rings (SSSR count). The Balaban J connectivity index is 1.70. The van der Waals surface area contributed by atoms with Gasteiger partial charge in [-0.1, -0.05) is 30.3 Å². The van der Waals surface area contributed by atoms with Gasteiger partial charge in [0.05, 0.1) is 12.1 Å². The molecule has 0 spiro atoms. The van der Waals surface area contributed by atoms with Crippen LogP contribution in [0.3, 0.4) is 0 Å². The monoisotopic (exact) mass is 377 g/mol. The van der Waals surface area contributed by atoms with Crippen molar-refractivity contribution in [3.63, 3.8) is 0 Å². The molecule has 1 aliphatic rings. The predicted molar refractivity (Wildman–Crippen MR) is 110 cm³/mol. The average Bonchev–Trinajstić information content (AvgIpc) is 3.43. The van der Waals surface area contributed by atoms with Crippen LogP contribution in [-0.4, -0.2) is 28.8 Å². The molecule has 0 atom stereocenters. The van der Waals surface area contributed by atoms with Crippen molar-refractivity contribution in [1.29, 1.82) is 0 Å². The summed E-state index contributed by atoms with van der Waals surface area (Å²) >= 11 is 0. The lowest BCUT2D eigenvalue weighted by Crippen LogP contribution is -2.33. The van der Waals surface area contributed by atoms with Crippen LogP contribution in [0.1, 0.15) is 24.1 Å². The van der Waals surface area contributed by atoms with E-state index in [0.29, 0.717) is 30.6 Å². The average molecular weight is 377 g/mol. The van der Waals surface area contributed by atoms with E-state index in [4.69, 9.17) is 9.47 Å². The number of hydrogen-bond donors (Lipinski definition) is 3. The Morgan fingerprint density at radius 2 is 1.71 bits per heavy atom. The first-order valence-electron chi connectivity index (χ1n) is 9.60. The van der Waals surface area contributed by atoms with Crippen LogP contribution in [0.4, 0.5) is 0 Å². The minimum absolute atomic E-state index is 0.267. The lowest BCUT2D eigenvalue weighted by molar-refractivity contribution is 0.288. The van der Waals surface area contributed by atoms with Gasteiger partial charge in [-0.3, -0.25) is 0 Å². The van der Waals surface area contributed by atoms with E-state index in [1.54, 1.807) is 0 Å². The topological polar surface area (TPSA) is 74.7 Å². The highest BCUT2D eigenvalue weighted by Gasteiger charge is 2.27. The van der Waals surface area contributed by atoms with E-state index in [1.807, 2.05) is 61.5 Å². The summed E-state index contributed by atoms with van der Waals surface area (Å²) in [6, 6.07) is 17.4. The molecule has 3 aromatic rings. The summed E-state index contributed by atoms with van der Waals surface area (Å²) in [4.78, 5) is 3.31. The lowest BCUT2D eigenvalue weighted by atomic mass is 9.78. The summed E-state index contributed by atoms with van der Waals surface area (Å²) < 4.78 is 12.0. The minimum atomic E-state index is -1.68. The normalized spacial score (nSPS) is 13.4. The van der Waals surface area contributed by atoms with E-state index in [1.165, 1.54) is 0 Å². The molecule has 0 bridgehead atoms. The summed E-state index contributed by atoms with van der Waals surface area (Å²) in [5, 5.41) is 20.0. The van der Waals surface area contributed by atoms with E-state index >= 15 is 0 Å². The van der Waals surface area contributed by atoms with Gasteiger partial charge in [-0.15, -0.1) is 0 Å². The largest absolute Gasteiger partial charge is 0.496 e. The number of nitrogens with one attached hydrogen (secondary N) is 1. The summed E-state index contributed by atoms with van der Waals surface area (Å²) in [5.41, 5.74) is 4.13. The Kier molecular flexibility index (Phi) is 5.41. The third kappa shape index (κ3) is 4.40. The van der Waals surface area contributed by atoms with E-state index in [-0.39, 0.29) is 5.46 Å². The fraction of sp³-hybridized carbons (Fsp3) is 0.273. The summed E-state index contributed by atoms with van der Waals surface area (Å²) in [6.07, 6.45) is 2.31. The number of H-pyrrole nitrogens is 1. The van der Waals surface area contributed by atoms with Gasteiger partial charge in [0, 0.05) is 17.0 Å². The molecule has 6 heteroatoms. The van der Waals surface area contributed by atoms with Crippen LogP contribution >= 0.6 is 0 Å². The zero-order valence-electron chi connectivity index (χ0n) is 15.9. The zero-order valence-corrected chi connectivity index (χ0v) is 15.9. The van der Waals surface area contributed by atoms with Crippen LogP contribution in [0, 0.1) is 12.8 Å². The highest BCUT2D eigenvalue weighted by atomic mass is 16.5. The Bertz CT molecular complexity index is 935. The van der Waals surface area contributed by atoms with E-state index < -0.39 is 7.12 Å². The van der Waals surface area contributed by atoms with Crippen molar-refractivity contribution in [2.75, 3.05) is 6.61 Å². The molecule has 1 heterocycles. The maximum Gasteiger partial charge on any atom is 0.496 e. The molecule has 28 heavy (non-hydrogen) atoms. The van der Waals surface area contributed by atoms with Gasteiger partial charge in [-0.2, -0.15) is 0 Å². The van der Waals surface area contributed by atoms with Gasteiger partial charge in [-0.05, 0) is 55.5 Å². The number of benzene rings is 2. The minimum Gasteiger partial charge on any atom is -0.493 e. The summed E-state index contributed by atoms with van der Waals surface area (Å²) in [6.45, 7) is 2.90. The number of aromatic amines is 1. The second kappa shape index (κ2) is 8.13. The maximum atomic E-state index is 10.0. The first kappa shape index (κ1) is 18.7. The van der Waals surface area contributed by atoms with Gasteiger partial charge in [0.25, 0.3) is 0 Å². The van der Waals surface area contributed by atoms with Crippen molar-refractivity contribution in [3.05, 3.63) is 65.9 Å². The highest BCUT2D eigenvalue weighted by molar-refractivity contribution is 6.61. The fourth-order valence-corrected chi connectivity index (χ4v) is 3.15. The molecule has 0 aliphatic heterocycles. The van der Waals surface area contributed by atoms with Crippen molar-refractivity contribution in [1.82, 2.24) is 4.98 Å². The van der Waals surface area contributed by atoms with Crippen molar-refractivity contribution in [3.8, 4) is 22.8 Å². The molecule has 0 radical (unpaired) electrons. The first-order valence-corrected chi connectivity index (χ1v) is 9.60. The molecule has 1 saturated carbocycles. The first-order chi connectivity index (χ1) is 13.6. The Morgan fingerprint density at radius 3 is 2.32 bits per heavy atom. The highest BCUT2D eigenvalue weighted by Crippen LogP contribution is 2.32. The smallest absolute Gasteiger partial charge is 0.493 e. The van der Waals surface area contributed by atoms with Gasteiger partial charge < -0.3 is 24.5 Å². The number of rotatable bonds is 8. The molecular formula is C22H24BNO4. The number of aromatic nitrogens is 1. The standard InChI is InChI=1S/C22H24BNO4/c1-15-7-10-19(24-15)18-11-20(27-13-16-5-3-2-4-6-16)22(23(25)26)21(12-18)28-14-17-8-9-17/h2-7,10-12,17,24-26H,8-9,13-14H2,1H3. The molecule has 1 fully saturated rings. The van der Waals surface area contributed by atoms with Crippen LogP contribution in [-0.2, 0) is 6.61 Å². The SMILES string of the molecule is Cc1ccc(-c2cc(OCc3ccccc3)c(B(O)O)c(OCC3CC3)c2)[nH]1. The molecule has 3 N–H and O–H groups in total. The van der Waals surface area contributed by atoms with E-state index in [2.05, 4.69) is 4.98 Å². The molecule has 144 valence electrons.